The van der Waals surface area contributed by atoms with E-state index < -0.39 is 0 Å². The number of fused-ring (bicyclic) bond motifs is 2. The van der Waals surface area contributed by atoms with Gasteiger partial charge in [0.15, 0.2) is 0 Å². The molecule has 3 heteroatoms. The quantitative estimate of drug-likeness (QED) is 0.350. The van der Waals surface area contributed by atoms with Crippen LogP contribution in [0.3, 0.4) is 0 Å². The summed E-state index contributed by atoms with van der Waals surface area (Å²) in [5.74, 6) is 0.807. The lowest BCUT2D eigenvalue weighted by molar-refractivity contribution is -0.149. The van der Waals surface area contributed by atoms with Gasteiger partial charge in [-0.05, 0) is 72.6 Å². The summed E-state index contributed by atoms with van der Waals surface area (Å²) in [6.07, 6.45) is 9.48. The number of carbonyl (C=O) groups is 1. The molecule has 0 N–H and O–H groups in total. The summed E-state index contributed by atoms with van der Waals surface area (Å²) in [5.41, 5.74) is 4.54. The maximum Gasteiger partial charge on any atom is 0.306 e. The Hall–Kier alpha value is -3.07. The molecule has 0 unspecified atom stereocenters. The number of anilines is 3. The molecule has 0 radical (unpaired) electrons. The topological polar surface area (TPSA) is 29.5 Å². The van der Waals surface area contributed by atoms with E-state index in [1.54, 1.807) is 0 Å². The van der Waals surface area contributed by atoms with E-state index in [0.717, 1.165) is 28.5 Å². The van der Waals surface area contributed by atoms with Gasteiger partial charge in [-0.15, -0.1) is 0 Å². The van der Waals surface area contributed by atoms with Gasteiger partial charge in [0, 0.05) is 17.1 Å². The summed E-state index contributed by atoms with van der Waals surface area (Å²) in [7, 11) is 0. The van der Waals surface area contributed by atoms with Crippen molar-refractivity contribution in [2.75, 3.05) is 4.90 Å². The molecule has 33 heavy (non-hydrogen) atoms. The summed E-state index contributed by atoms with van der Waals surface area (Å²) >= 11 is 0. The third-order valence-corrected chi connectivity index (χ3v) is 7.50. The van der Waals surface area contributed by atoms with Crippen LogP contribution >= 0.6 is 0 Å². The van der Waals surface area contributed by atoms with Gasteiger partial charge in [0.05, 0.1) is 6.42 Å². The Bertz CT molecular complexity index is 996. The second kappa shape index (κ2) is 9.82. The van der Waals surface area contributed by atoms with Gasteiger partial charge in [0.2, 0.25) is 0 Å². The van der Waals surface area contributed by atoms with Gasteiger partial charge < -0.3 is 9.64 Å². The number of benzene rings is 3. The molecule has 5 rings (SSSR count). The number of rotatable bonds is 7. The molecule has 2 aliphatic rings. The molecule has 0 atom stereocenters. The lowest BCUT2D eigenvalue weighted by Gasteiger charge is -2.44. The van der Waals surface area contributed by atoms with Crippen LogP contribution in [-0.4, -0.2) is 5.97 Å². The Kier molecular flexibility index (Phi) is 6.48. The van der Waals surface area contributed by atoms with Crippen LogP contribution in [-0.2, 0) is 16.1 Å². The molecular weight excluding hydrogens is 406 g/mol. The summed E-state index contributed by atoms with van der Waals surface area (Å²) in [4.78, 5) is 14.9. The molecule has 3 aromatic rings. The number of ether oxygens (including phenoxy) is 1. The van der Waals surface area contributed by atoms with Crippen molar-refractivity contribution in [1.29, 1.82) is 0 Å². The third kappa shape index (κ3) is 5.13. The van der Waals surface area contributed by atoms with Crippen LogP contribution in [0.15, 0.2) is 84.9 Å². The van der Waals surface area contributed by atoms with Gasteiger partial charge >= 0.3 is 5.97 Å². The molecule has 3 nitrogen and oxygen atoms in total. The van der Waals surface area contributed by atoms with Crippen LogP contribution in [0, 0.1) is 11.3 Å². The number of nitrogens with zero attached hydrogens (tertiary/aromatic N) is 1. The molecule has 0 aromatic heterocycles. The first-order valence-electron chi connectivity index (χ1n) is 12.4. The van der Waals surface area contributed by atoms with Crippen molar-refractivity contribution in [2.45, 2.75) is 58.0 Å². The van der Waals surface area contributed by atoms with Crippen molar-refractivity contribution >= 4 is 23.0 Å². The lowest BCUT2D eigenvalue weighted by Crippen LogP contribution is -2.35. The zero-order valence-corrected chi connectivity index (χ0v) is 19.3. The third-order valence-electron chi connectivity index (χ3n) is 7.50. The monoisotopic (exact) mass is 439 g/mol. The van der Waals surface area contributed by atoms with Crippen LogP contribution < -0.4 is 4.90 Å². The van der Waals surface area contributed by atoms with Crippen molar-refractivity contribution in [3.8, 4) is 0 Å². The van der Waals surface area contributed by atoms with Crippen molar-refractivity contribution in [1.82, 2.24) is 0 Å². The lowest BCUT2D eigenvalue weighted by atomic mass is 9.61. The van der Waals surface area contributed by atoms with E-state index in [9.17, 15) is 4.79 Å². The van der Waals surface area contributed by atoms with Gasteiger partial charge in [0.25, 0.3) is 0 Å². The fourth-order valence-electron chi connectivity index (χ4n) is 5.93. The minimum Gasteiger partial charge on any atom is -0.461 e. The maximum absolute atomic E-state index is 12.7. The summed E-state index contributed by atoms with van der Waals surface area (Å²) < 4.78 is 5.73. The van der Waals surface area contributed by atoms with E-state index >= 15 is 0 Å². The molecule has 0 amide bonds. The molecule has 0 spiro atoms. The first-order chi connectivity index (χ1) is 16.2. The van der Waals surface area contributed by atoms with Crippen molar-refractivity contribution in [3.63, 3.8) is 0 Å². The Morgan fingerprint density at radius 3 is 1.91 bits per heavy atom. The normalized spacial score (nSPS) is 21.9. The average Bonchev–Trinajstić information content (AvgIpc) is 2.85. The largest absolute Gasteiger partial charge is 0.461 e. The summed E-state index contributed by atoms with van der Waals surface area (Å²) in [5, 5.41) is 0. The van der Waals surface area contributed by atoms with Gasteiger partial charge in [-0.25, -0.2) is 0 Å². The van der Waals surface area contributed by atoms with Crippen LogP contribution in [0.4, 0.5) is 17.1 Å². The smallest absolute Gasteiger partial charge is 0.306 e. The molecule has 170 valence electrons. The molecule has 0 heterocycles. The van der Waals surface area contributed by atoms with Crippen molar-refractivity contribution in [2.24, 2.45) is 11.3 Å². The molecular formula is C30H33NO2. The van der Waals surface area contributed by atoms with Crippen molar-refractivity contribution < 1.29 is 9.53 Å². The highest BCUT2D eigenvalue weighted by molar-refractivity contribution is 5.76. The SMILES string of the molecule is O=C(CC12CCCC(CCC1)C2)OCc1ccc(N(c2ccccc2)c2ccccc2)cc1. The van der Waals surface area contributed by atoms with Crippen LogP contribution in [0.25, 0.3) is 0 Å². The molecule has 2 aliphatic carbocycles. The van der Waals surface area contributed by atoms with E-state index in [1.165, 1.54) is 44.9 Å². The fraction of sp³-hybridized carbons (Fsp3) is 0.367. The molecule has 2 bridgehead atoms. The van der Waals surface area contributed by atoms with Gasteiger partial charge in [0.1, 0.15) is 6.61 Å². The van der Waals surface area contributed by atoms with E-state index in [4.69, 9.17) is 4.74 Å². The second-order valence-corrected chi connectivity index (χ2v) is 9.87. The Balaban J connectivity index is 1.25. The second-order valence-electron chi connectivity index (χ2n) is 9.87. The summed E-state index contributed by atoms with van der Waals surface area (Å²) in [6.45, 7) is 0.343. The van der Waals surface area contributed by atoms with E-state index in [0.29, 0.717) is 13.0 Å². The van der Waals surface area contributed by atoms with Crippen LogP contribution in [0.2, 0.25) is 0 Å². The molecule has 2 saturated carbocycles. The Morgan fingerprint density at radius 1 is 0.788 bits per heavy atom. The molecule has 3 aromatic carbocycles. The fourth-order valence-corrected chi connectivity index (χ4v) is 5.93. The predicted octanol–water partition coefficient (Wildman–Crippen LogP) is 7.95. The van der Waals surface area contributed by atoms with E-state index in [-0.39, 0.29) is 11.4 Å². The Morgan fingerprint density at radius 2 is 1.33 bits per heavy atom. The number of para-hydroxylation sites is 2. The van der Waals surface area contributed by atoms with E-state index in [1.807, 2.05) is 12.1 Å². The molecule has 0 aliphatic heterocycles. The predicted molar refractivity (Wildman–Crippen MR) is 134 cm³/mol. The highest BCUT2D eigenvalue weighted by Crippen LogP contribution is 2.51. The average molecular weight is 440 g/mol. The minimum atomic E-state index is -0.0307. The number of carbonyl (C=O) groups excluding carboxylic acids is 1. The summed E-state index contributed by atoms with van der Waals surface area (Å²) in [6, 6.07) is 29.1. The van der Waals surface area contributed by atoms with Gasteiger partial charge in [-0.1, -0.05) is 74.2 Å². The Labute approximate surface area is 197 Å². The van der Waals surface area contributed by atoms with Gasteiger partial charge in [-0.3, -0.25) is 4.79 Å². The molecule has 2 fully saturated rings. The van der Waals surface area contributed by atoms with Crippen molar-refractivity contribution in [3.05, 3.63) is 90.5 Å². The highest BCUT2D eigenvalue weighted by Gasteiger charge is 2.40. The molecule has 0 saturated heterocycles. The van der Waals surface area contributed by atoms with Crippen LogP contribution in [0.5, 0.6) is 0 Å². The first kappa shape index (κ1) is 21.8. The first-order valence-corrected chi connectivity index (χ1v) is 12.4. The van der Waals surface area contributed by atoms with Gasteiger partial charge in [-0.2, -0.15) is 0 Å². The zero-order chi connectivity index (χ0) is 22.5. The number of esters is 1. The minimum absolute atomic E-state index is 0.0307. The highest BCUT2D eigenvalue weighted by atomic mass is 16.5. The van der Waals surface area contributed by atoms with E-state index in [2.05, 4.69) is 77.7 Å². The standard InChI is InChI=1S/C30H33NO2/c32-29(22-30-19-7-9-24(21-30)10-8-20-30)33-23-25-15-17-28(18-16-25)31(26-11-3-1-4-12-26)27-13-5-2-6-14-27/h1-6,11-18,24H,7-10,19-23H2. The maximum atomic E-state index is 12.7. The number of hydrogen-bond acceptors (Lipinski definition) is 3. The zero-order valence-electron chi connectivity index (χ0n) is 19.3. The van der Waals surface area contributed by atoms with Crippen LogP contribution in [0.1, 0.15) is 56.9 Å². The number of hydrogen-bond donors (Lipinski definition) is 0.